The number of nitrogens with one attached hydrogen (secondary N) is 1. The molecule has 1 aromatic heterocycles. The fourth-order valence-electron chi connectivity index (χ4n) is 3.03. The topological polar surface area (TPSA) is 29.9 Å². The number of benzene rings is 2. The SMILES string of the molecule is c1ccc(-n2c([C@@H]3CCCN3)nc3ccccc32)cc1. The lowest BCUT2D eigenvalue weighted by Gasteiger charge is -2.14. The number of imidazole rings is 1. The molecule has 0 aliphatic carbocycles. The minimum Gasteiger partial charge on any atom is -0.307 e. The molecule has 0 radical (unpaired) electrons. The van der Waals surface area contributed by atoms with E-state index in [1.165, 1.54) is 17.6 Å². The molecule has 1 atom stereocenters. The second kappa shape index (κ2) is 4.76. The monoisotopic (exact) mass is 263 g/mol. The van der Waals surface area contributed by atoms with Gasteiger partial charge in [-0.25, -0.2) is 4.98 Å². The van der Waals surface area contributed by atoms with Crippen molar-refractivity contribution in [3.05, 3.63) is 60.4 Å². The average molecular weight is 263 g/mol. The second-order valence-electron chi connectivity index (χ2n) is 5.28. The number of fused-ring (bicyclic) bond motifs is 1. The largest absolute Gasteiger partial charge is 0.307 e. The van der Waals surface area contributed by atoms with Crippen LogP contribution in [0.1, 0.15) is 24.7 Å². The Hall–Kier alpha value is -2.13. The van der Waals surface area contributed by atoms with Gasteiger partial charge in [0.05, 0.1) is 17.1 Å². The molecular formula is C17H17N3. The lowest BCUT2D eigenvalue weighted by Crippen LogP contribution is -2.17. The van der Waals surface area contributed by atoms with Crippen LogP contribution < -0.4 is 5.32 Å². The maximum atomic E-state index is 4.87. The minimum atomic E-state index is 0.364. The highest BCUT2D eigenvalue weighted by Gasteiger charge is 2.23. The van der Waals surface area contributed by atoms with E-state index in [-0.39, 0.29) is 0 Å². The third-order valence-corrected chi connectivity index (χ3v) is 3.97. The van der Waals surface area contributed by atoms with Gasteiger partial charge in [0.25, 0.3) is 0 Å². The molecule has 1 saturated heterocycles. The van der Waals surface area contributed by atoms with Crippen molar-refractivity contribution in [1.29, 1.82) is 0 Å². The van der Waals surface area contributed by atoms with E-state index < -0.39 is 0 Å². The van der Waals surface area contributed by atoms with Crippen molar-refractivity contribution in [2.24, 2.45) is 0 Å². The molecule has 100 valence electrons. The van der Waals surface area contributed by atoms with E-state index in [2.05, 4.69) is 64.5 Å². The number of nitrogens with zero attached hydrogens (tertiary/aromatic N) is 2. The highest BCUT2D eigenvalue weighted by molar-refractivity contribution is 5.78. The van der Waals surface area contributed by atoms with Crippen molar-refractivity contribution in [3.63, 3.8) is 0 Å². The summed E-state index contributed by atoms with van der Waals surface area (Å²) in [5.41, 5.74) is 3.44. The number of para-hydroxylation sites is 3. The standard InChI is InChI=1S/C17H17N3/c1-2-7-13(8-3-1)20-16-11-5-4-9-14(16)19-17(20)15-10-6-12-18-15/h1-5,7-9,11,15,18H,6,10,12H2/t15-/m0/s1. The molecule has 4 rings (SSSR count). The smallest absolute Gasteiger partial charge is 0.131 e. The summed E-state index contributed by atoms with van der Waals surface area (Å²) in [5.74, 6) is 1.13. The molecule has 3 nitrogen and oxygen atoms in total. The van der Waals surface area contributed by atoms with Crippen LogP contribution in [0.5, 0.6) is 0 Å². The van der Waals surface area contributed by atoms with Gasteiger partial charge in [0.2, 0.25) is 0 Å². The predicted octanol–water partition coefficient (Wildman–Crippen LogP) is 3.45. The summed E-state index contributed by atoms with van der Waals surface area (Å²) >= 11 is 0. The molecule has 0 spiro atoms. The highest BCUT2D eigenvalue weighted by Crippen LogP contribution is 2.29. The molecule has 0 unspecified atom stereocenters. The molecule has 1 fully saturated rings. The van der Waals surface area contributed by atoms with Crippen LogP contribution in [-0.2, 0) is 0 Å². The molecule has 2 aromatic carbocycles. The molecule has 1 aliphatic rings. The molecule has 3 heteroatoms. The van der Waals surface area contributed by atoms with Crippen molar-refractivity contribution in [3.8, 4) is 5.69 Å². The van der Waals surface area contributed by atoms with Gasteiger partial charge in [-0.2, -0.15) is 0 Å². The van der Waals surface area contributed by atoms with Gasteiger partial charge in [-0.05, 0) is 43.7 Å². The van der Waals surface area contributed by atoms with E-state index in [4.69, 9.17) is 4.98 Å². The average Bonchev–Trinajstić information content (AvgIpc) is 3.15. The molecule has 0 amide bonds. The summed E-state index contributed by atoms with van der Waals surface area (Å²) in [6.45, 7) is 1.09. The Morgan fingerprint density at radius 3 is 2.60 bits per heavy atom. The Morgan fingerprint density at radius 1 is 1.00 bits per heavy atom. The molecular weight excluding hydrogens is 246 g/mol. The van der Waals surface area contributed by atoms with E-state index in [1.54, 1.807) is 0 Å². The predicted molar refractivity (Wildman–Crippen MR) is 81.0 cm³/mol. The Kier molecular flexibility index (Phi) is 2.78. The Labute approximate surface area is 118 Å². The van der Waals surface area contributed by atoms with Gasteiger partial charge < -0.3 is 5.32 Å². The molecule has 20 heavy (non-hydrogen) atoms. The molecule has 1 aliphatic heterocycles. The van der Waals surface area contributed by atoms with E-state index in [9.17, 15) is 0 Å². The van der Waals surface area contributed by atoms with Crippen molar-refractivity contribution >= 4 is 11.0 Å². The third-order valence-electron chi connectivity index (χ3n) is 3.97. The van der Waals surface area contributed by atoms with Crippen LogP contribution in [0.15, 0.2) is 54.6 Å². The Morgan fingerprint density at radius 2 is 1.80 bits per heavy atom. The van der Waals surface area contributed by atoms with Crippen LogP contribution in [0.25, 0.3) is 16.7 Å². The fraction of sp³-hybridized carbons (Fsp3) is 0.235. The normalized spacial score (nSPS) is 18.7. The number of aromatic nitrogens is 2. The van der Waals surface area contributed by atoms with Gasteiger partial charge in [0, 0.05) is 5.69 Å². The van der Waals surface area contributed by atoms with E-state index in [0.29, 0.717) is 6.04 Å². The van der Waals surface area contributed by atoms with Crippen LogP contribution in [0.4, 0.5) is 0 Å². The van der Waals surface area contributed by atoms with Gasteiger partial charge in [-0.15, -0.1) is 0 Å². The van der Waals surface area contributed by atoms with Crippen LogP contribution in [-0.4, -0.2) is 16.1 Å². The Balaban J connectivity index is 1.98. The maximum Gasteiger partial charge on any atom is 0.131 e. The summed E-state index contributed by atoms with van der Waals surface area (Å²) in [6.07, 6.45) is 2.39. The second-order valence-corrected chi connectivity index (χ2v) is 5.28. The minimum absolute atomic E-state index is 0.364. The van der Waals surface area contributed by atoms with Crippen LogP contribution >= 0.6 is 0 Å². The van der Waals surface area contributed by atoms with Crippen molar-refractivity contribution < 1.29 is 0 Å². The fourth-order valence-corrected chi connectivity index (χ4v) is 3.03. The van der Waals surface area contributed by atoms with Crippen LogP contribution in [0, 0.1) is 0 Å². The zero-order chi connectivity index (χ0) is 13.4. The molecule has 3 aromatic rings. The van der Waals surface area contributed by atoms with E-state index in [0.717, 1.165) is 24.3 Å². The van der Waals surface area contributed by atoms with Crippen molar-refractivity contribution in [1.82, 2.24) is 14.9 Å². The number of hydrogen-bond donors (Lipinski definition) is 1. The van der Waals surface area contributed by atoms with Crippen molar-refractivity contribution in [2.45, 2.75) is 18.9 Å². The third kappa shape index (κ3) is 1.82. The molecule has 1 N–H and O–H groups in total. The zero-order valence-corrected chi connectivity index (χ0v) is 11.3. The maximum absolute atomic E-state index is 4.87. The first-order chi connectivity index (χ1) is 9.93. The lowest BCUT2D eigenvalue weighted by atomic mass is 10.2. The van der Waals surface area contributed by atoms with Gasteiger partial charge in [0.1, 0.15) is 5.82 Å². The first-order valence-electron chi connectivity index (χ1n) is 7.20. The highest BCUT2D eigenvalue weighted by atomic mass is 15.1. The Bertz CT molecular complexity index is 724. The first-order valence-corrected chi connectivity index (χ1v) is 7.20. The molecule has 0 bridgehead atoms. The van der Waals surface area contributed by atoms with Crippen LogP contribution in [0.3, 0.4) is 0 Å². The van der Waals surface area contributed by atoms with E-state index >= 15 is 0 Å². The zero-order valence-electron chi connectivity index (χ0n) is 11.3. The summed E-state index contributed by atoms with van der Waals surface area (Å²) in [5, 5.41) is 3.56. The van der Waals surface area contributed by atoms with E-state index in [1.807, 2.05) is 0 Å². The molecule has 0 saturated carbocycles. The van der Waals surface area contributed by atoms with Gasteiger partial charge in [-0.3, -0.25) is 4.57 Å². The molecule has 2 heterocycles. The van der Waals surface area contributed by atoms with Crippen molar-refractivity contribution in [2.75, 3.05) is 6.54 Å². The summed E-state index contributed by atoms with van der Waals surface area (Å²) in [7, 11) is 0. The van der Waals surface area contributed by atoms with Gasteiger partial charge >= 0.3 is 0 Å². The lowest BCUT2D eigenvalue weighted by molar-refractivity contribution is 0.598. The first kappa shape index (κ1) is 11.7. The summed E-state index contributed by atoms with van der Waals surface area (Å²) in [4.78, 5) is 4.87. The van der Waals surface area contributed by atoms with Gasteiger partial charge in [0.15, 0.2) is 0 Å². The van der Waals surface area contributed by atoms with Crippen LogP contribution in [0.2, 0.25) is 0 Å². The quantitative estimate of drug-likeness (QED) is 0.767. The summed E-state index contributed by atoms with van der Waals surface area (Å²) in [6, 6.07) is 19.2. The van der Waals surface area contributed by atoms with Gasteiger partial charge in [-0.1, -0.05) is 30.3 Å². The summed E-state index contributed by atoms with van der Waals surface area (Å²) < 4.78 is 2.29. The number of hydrogen-bond acceptors (Lipinski definition) is 2. The number of rotatable bonds is 2.